The van der Waals surface area contributed by atoms with E-state index in [1.807, 2.05) is 0 Å². The highest BCUT2D eigenvalue weighted by atomic mass is 19.1. The number of hydrogen-bond donors (Lipinski definition) is 3. The fraction of sp³-hybridized carbons (Fsp3) is 0.214. The first kappa shape index (κ1) is 14.2. The van der Waals surface area contributed by atoms with E-state index in [9.17, 15) is 14.3 Å². The summed E-state index contributed by atoms with van der Waals surface area (Å²) >= 11 is 0. The van der Waals surface area contributed by atoms with Crippen molar-refractivity contribution in [2.75, 3.05) is 11.9 Å². The number of benzene rings is 1. The Kier molecular flexibility index (Phi) is 3.60. The van der Waals surface area contributed by atoms with Crippen LogP contribution in [0.4, 0.5) is 10.3 Å². The van der Waals surface area contributed by atoms with E-state index in [1.54, 1.807) is 19.2 Å². The number of aryl methyl sites for hydroxylation is 1. The molecule has 0 amide bonds. The predicted octanol–water partition coefficient (Wildman–Crippen LogP) is 0.941. The van der Waals surface area contributed by atoms with Crippen LogP contribution in [-0.4, -0.2) is 31.4 Å². The molecule has 22 heavy (non-hydrogen) atoms. The van der Waals surface area contributed by atoms with Crippen LogP contribution in [0.2, 0.25) is 0 Å². The monoisotopic (exact) mass is 303 g/mol. The Morgan fingerprint density at radius 3 is 3.00 bits per heavy atom. The Bertz CT molecular complexity index is 873. The predicted molar refractivity (Wildman–Crippen MR) is 79.0 cm³/mol. The lowest BCUT2D eigenvalue weighted by molar-refractivity contribution is 0.186. The number of fused-ring (bicyclic) bond motifs is 1. The molecule has 2 heterocycles. The van der Waals surface area contributed by atoms with Gasteiger partial charge < -0.3 is 10.4 Å². The van der Waals surface area contributed by atoms with Gasteiger partial charge in [0.25, 0.3) is 5.56 Å². The highest BCUT2D eigenvalue weighted by Gasteiger charge is 2.13. The van der Waals surface area contributed by atoms with E-state index in [0.29, 0.717) is 11.0 Å². The molecule has 0 spiro atoms. The molecule has 1 aromatic carbocycles. The van der Waals surface area contributed by atoms with Crippen LogP contribution in [-0.2, 0) is 7.05 Å². The first-order valence-electron chi connectivity index (χ1n) is 6.64. The average Bonchev–Trinajstić information content (AvgIpc) is 2.87. The minimum absolute atomic E-state index is 0.00717. The van der Waals surface area contributed by atoms with Crippen LogP contribution < -0.4 is 10.9 Å². The smallest absolute Gasteiger partial charge is 0.263 e. The van der Waals surface area contributed by atoms with Gasteiger partial charge in [-0.25, -0.2) is 4.39 Å². The molecule has 7 nitrogen and oxygen atoms in total. The second kappa shape index (κ2) is 5.57. The summed E-state index contributed by atoms with van der Waals surface area (Å²) in [5.41, 5.74) is 0.270. The van der Waals surface area contributed by atoms with Crippen LogP contribution in [0.15, 0.2) is 35.3 Å². The Morgan fingerprint density at radius 1 is 1.45 bits per heavy atom. The maximum Gasteiger partial charge on any atom is 0.263 e. The normalized spacial score (nSPS) is 12.5. The first-order chi connectivity index (χ1) is 10.6. The minimum Gasteiger partial charge on any atom is -0.386 e. The van der Waals surface area contributed by atoms with Crippen LogP contribution in [0.3, 0.4) is 0 Å². The molecule has 2 aromatic heterocycles. The van der Waals surface area contributed by atoms with Gasteiger partial charge in [-0.3, -0.25) is 14.5 Å². The van der Waals surface area contributed by atoms with Gasteiger partial charge >= 0.3 is 0 Å². The number of hydrogen-bond acceptors (Lipinski definition) is 5. The molecular weight excluding hydrogens is 289 g/mol. The summed E-state index contributed by atoms with van der Waals surface area (Å²) in [4.78, 5) is 18.6. The lowest BCUT2D eigenvalue weighted by Gasteiger charge is -2.13. The zero-order valence-electron chi connectivity index (χ0n) is 11.7. The van der Waals surface area contributed by atoms with Crippen LogP contribution >= 0.6 is 0 Å². The number of H-pyrrole nitrogens is 1. The topological polar surface area (TPSA) is 95.8 Å². The van der Waals surface area contributed by atoms with E-state index < -0.39 is 11.9 Å². The average molecular weight is 303 g/mol. The summed E-state index contributed by atoms with van der Waals surface area (Å²) in [7, 11) is 1.67. The summed E-state index contributed by atoms with van der Waals surface area (Å²) in [6.45, 7) is 0.00717. The van der Waals surface area contributed by atoms with Crippen molar-refractivity contribution in [3.05, 3.63) is 52.2 Å². The fourth-order valence-electron chi connectivity index (χ4n) is 2.16. The molecule has 1 unspecified atom stereocenters. The molecule has 114 valence electrons. The Hall–Kier alpha value is -2.74. The molecule has 0 aliphatic heterocycles. The van der Waals surface area contributed by atoms with E-state index in [2.05, 4.69) is 20.4 Å². The van der Waals surface area contributed by atoms with Crippen molar-refractivity contribution in [2.24, 2.45) is 7.05 Å². The van der Waals surface area contributed by atoms with Crippen LogP contribution in [0.25, 0.3) is 11.0 Å². The van der Waals surface area contributed by atoms with Crippen molar-refractivity contribution < 1.29 is 9.50 Å². The quantitative estimate of drug-likeness (QED) is 0.666. The third kappa shape index (κ3) is 2.56. The molecule has 0 bridgehead atoms. The van der Waals surface area contributed by atoms with Crippen molar-refractivity contribution in [3.8, 4) is 0 Å². The zero-order valence-corrected chi connectivity index (χ0v) is 11.7. The van der Waals surface area contributed by atoms with Crippen molar-refractivity contribution in [2.45, 2.75) is 6.10 Å². The summed E-state index contributed by atoms with van der Waals surface area (Å²) in [5, 5.41) is 17.2. The van der Waals surface area contributed by atoms with Gasteiger partial charge in [-0.1, -0.05) is 18.2 Å². The molecule has 8 heteroatoms. The van der Waals surface area contributed by atoms with E-state index >= 15 is 0 Å². The first-order valence-corrected chi connectivity index (χ1v) is 6.64. The van der Waals surface area contributed by atoms with Gasteiger partial charge in [-0.15, -0.1) is 0 Å². The van der Waals surface area contributed by atoms with Crippen molar-refractivity contribution >= 4 is 17.0 Å². The van der Waals surface area contributed by atoms with Gasteiger partial charge in [0.05, 0.1) is 12.3 Å². The number of nitrogens with zero attached hydrogens (tertiary/aromatic N) is 3. The molecular formula is C14H14FN5O2. The van der Waals surface area contributed by atoms with Gasteiger partial charge in [0, 0.05) is 19.2 Å². The second-order valence-corrected chi connectivity index (χ2v) is 4.84. The minimum atomic E-state index is -1.06. The summed E-state index contributed by atoms with van der Waals surface area (Å²) in [5.74, 6) is -0.295. The molecule has 0 saturated carbocycles. The summed E-state index contributed by atoms with van der Waals surface area (Å²) in [6, 6.07) is 5.97. The highest BCUT2D eigenvalue weighted by Crippen LogP contribution is 2.17. The van der Waals surface area contributed by atoms with E-state index in [0.717, 1.165) is 0 Å². The molecule has 0 aliphatic rings. The Balaban J connectivity index is 1.81. The SMILES string of the molecule is Cn1ncc2c(=O)[nH]c(NCC(O)c3ccccc3F)nc21. The van der Waals surface area contributed by atoms with Crippen molar-refractivity contribution in [3.63, 3.8) is 0 Å². The van der Waals surface area contributed by atoms with Crippen molar-refractivity contribution in [1.29, 1.82) is 0 Å². The van der Waals surface area contributed by atoms with Gasteiger partial charge in [-0.2, -0.15) is 10.1 Å². The zero-order chi connectivity index (χ0) is 15.7. The van der Waals surface area contributed by atoms with Gasteiger partial charge in [0.1, 0.15) is 11.2 Å². The van der Waals surface area contributed by atoms with Crippen LogP contribution in [0.1, 0.15) is 11.7 Å². The van der Waals surface area contributed by atoms with E-state index in [1.165, 1.54) is 23.0 Å². The van der Waals surface area contributed by atoms with E-state index in [-0.39, 0.29) is 23.6 Å². The van der Waals surface area contributed by atoms with Crippen LogP contribution in [0.5, 0.6) is 0 Å². The molecule has 0 aliphatic carbocycles. The number of anilines is 1. The molecule has 0 radical (unpaired) electrons. The Morgan fingerprint density at radius 2 is 2.23 bits per heavy atom. The number of rotatable bonds is 4. The Labute approximate surface area is 124 Å². The highest BCUT2D eigenvalue weighted by molar-refractivity contribution is 5.74. The molecule has 3 rings (SSSR count). The third-order valence-electron chi connectivity index (χ3n) is 3.33. The number of halogens is 1. The number of aromatic amines is 1. The molecule has 3 aromatic rings. The summed E-state index contributed by atoms with van der Waals surface area (Å²) < 4.78 is 15.1. The maximum absolute atomic E-state index is 13.6. The molecule has 3 N–H and O–H groups in total. The standard InChI is InChI=1S/C14H14FN5O2/c1-20-12-9(6-17-20)13(22)19-14(18-12)16-7-11(21)8-4-2-3-5-10(8)15/h2-6,11,21H,7H2,1H3,(H2,16,18,19,22). The lowest BCUT2D eigenvalue weighted by Crippen LogP contribution is -2.18. The van der Waals surface area contributed by atoms with Crippen molar-refractivity contribution in [1.82, 2.24) is 19.7 Å². The number of nitrogens with one attached hydrogen (secondary N) is 2. The largest absolute Gasteiger partial charge is 0.386 e. The molecule has 1 atom stereocenters. The third-order valence-corrected chi connectivity index (χ3v) is 3.33. The summed E-state index contributed by atoms with van der Waals surface area (Å²) in [6.07, 6.45) is 0.368. The van der Waals surface area contributed by atoms with Gasteiger partial charge in [-0.05, 0) is 6.07 Å². The van der Waals surface area contributed by atoms with Crippen LogP contribution in [0, 0.1) is 5.82 Å². The maximum atomic E-state index is 13.6. The number of aliphatic hydroxyl groups is 1. The molecule has 0 saturated heterocycles. The van der Waals surface area contributed by atoms with Gasteiger partial charge in [0.15, 0.2) is 5.65 Å². The van der Waals surface area contributed by atoms with E-state index in [4.69, 9.17) is 0 Å². The van der Waals surface area contributed by atoms with Gasteiger partial charge in [0.2, 0.25) is 5.95 Å². The second-order valence-electron chi connectivity index (χ2n) is 4.84. The lowest BCUT2D eigenvalue weighted by atomic mass is 10.1. The number of aromatic nitrogens is 4. The fourth-order valence-corrected chi connectivity index (χ4v) is 2.16. The number of aliphatic hydroxyl groups excluding tert-OH is 1. The molecule has 0 fully saturated rings.